The number of hydrogen-bond acceptors (Lipinski definition) is 10. The largest absolute Gasteiger partial charge is 0.507 e. The van der Waals surface area contributed by atoms with E-state index in [-0.39, 0.29) is 46.1 Å². The number of sulfonamides is 1. The van der Waals surface area contributed by atoms with Crippen LogP contribution in [0.1, 0.15) is 36.6 Å². The number of anilines is 2. The van der Waals surface area contributed by atoms with Crippen LogP contribution in [0.3, 0.4) is 0 Å². The van der Waals surface area contributed by atoms with Crippen LogP contribution in [0.4, 0.5) is 22.9 Å². The summed E-state index contributed by atoms with van der Waals surface area (Å²) in [6.07, 6.45) is 1.82. The zero-order valence-corrected chi connectivity index (χ0v) is 25.3. The van der Waals surface area contributed by atoms with Gasteiger partial charge < -0.3 is 9.84 Å². The molecule has 0 saturated heterocycles. The van der Waals surface area contributed by atoms with E-state index >= 15 is 0 Å². The first-order chi connectivity index (χ1) is 22.7. The predicted octanol–water partition coefficient (Wildman–Crippen LogP) is 6.20. The number of rotatable bonds is 10. The number of phenols is 1. The molecule has 1 aliphatic heterocycles. The lowest BCUT2D eigenvalue weighted by Crippen LogP contribution is -2.29. The Bertz CT molecular complexity index is 2080. The molecular weight excluding hydrogens is 622 g/mol. The highest BCUT2D eigenvalue weighted by atomic mass is 32.2. The fraction of sp³-hybridized carbons (Fsp3) is 0.0588. The number of imide groups is 1. The molecule has 0 aliphatic carbocycles. The SMILES string of the molecule is O=C(OCCc1ccc(N2C(=O)c3ccccc3C2=O)cc1)c1cc(N=Nc2ccc(S(=O)(=O)Nc3ccccn3)cc2)ccc1O. The van der Waals surface area contributed by atoms with E-state index in [2.05, 4.69) is 19.9 Å². The third-order valence-corrected chi connectivity index (χ3v) is 8.51. The van der Waals surface area contributed by atoms with Gasteiger partial charge in [-0.25, -0.2) is 23.1 Å². The molecule has 0 fully saturated rings. The normalized spacial score (nSPS) is 12.7. The number of azo groups is 1. The average Bonchev–Trinajstić information content (AvgIpc) is 3.34. The molecule has 6 rings (SSSR count). The quantitative estimate of drug-likeness (QED) is 0.103. The molecule has 0 spiro atoms. The summed E-state index contributed by atoms with van der Waals surface area (Å²) in [5, 5.41) is 18.4. The number of amides is 2. The highest BCUT2D eigenvalue weighted by Gasteiger charge is 2.36. The summed E-state index contributed by atoms with van der Waals surface area (Å²) >= 11 is 0. The van der Waals surface area contributed by atoms with Crippen LogP contribution < -0.4 is 9.62 Å². The molecule has 0 unspecified atom stereocenters. The molecule has 234 valence electrons. The third-order valence-electron chi connectivity index (χ3n) is 7.14. The molecule has 4 aromatic carbocycles. The van der Waals surface area contributed by atoms with E-state index in [4.69, 9.17) is 4.74 Å². The molecule has 0 bridgehead atoms. The fourth-order valence-corrected chi connectivity index (χ4v) is 5.76. The number of benzene rings is 4. The van der Waals surface area contributed by atoms with E-state index in [1.165, 1.54) is 54.7 Å². The Morgan fingerprint density at radius 2 is 1.45 bits per heavy atom. The summed E-state index contributed by atoms with van der Waals surface area (Å²) in [7, 11) is -3.85. The lowest BCUT2D eigenvalue weighted by Gasteiger charge is -2.14. The molecule has 5 aromatic rings. The van der Waals surface area contributed by atoms with Gasteiger partial charge in [0, 0.05) is 12.6 Å². The maximum Gasteiger partial charge on any atom is 0.342 e. The highest BCUT2D eigenvalue weighted by Crippen LogP contribution is 2.29. The first-order valence-corrected chi connectivity index (χ1v) is 15.7. The van der Waals surface area contributed by atoms with Crippen molar-refractivity contribution in [2.24, 2.45) is 10.2 Å². The van der Waals surface area contributed by atoms with Crippen molar-refractivity contribution in [2.45, 2.75) is 11.3 Å². The molecule has 2 amide bonds. The van der Waals surface area contributed by atoms with Crippen molar-refractivity contribution in [3.8, 4) is 5.75 Å². The first kappa shape index (κ1) is 30.8. The van der Waals surface area contributed by atoms with E-state index < -0.39 is 16.0 Å². The summed E-state index contributed by atoms with van der Waals surface area (Å²) in [5.74, 6) is -1.64. The number of ether oxygens (including phenoxy) is 1. The highest BCUT2D eigenvalue weighted by molar-refractivity contribution is 7.92. The van der Waals surface area contributed by atoms with Gasteiger partial charge in [0.05, 0.1) is 39.7 Å². The molecule has 2 N–H and O–H groups in total. The average molecular weight is 648 g/mol. The van der Waals surface area contributed by atoms with Gasteiger partial charge in [-0.2, -0.15) is 10.2 Å². The molecule has 0 radical (unpaired) electrons. The van der Waals surface area contributed by atoms with Crippen LogP contribution in [-0.4, -0.2) is 42.9 Å². The molecule has 1 aliphatic rings. The fourth-order valence-electron chi connectivity index (χ4n) is 4.75. The second-order valence-corrected chi connectivity index (χ2v) is 11.9. The minimum atomic E-state index is -3.85. The summed E-state index contributed by atoms with van der Waals surface area (Å²) < 4.78 is 33.0. The molecule has 2 heterocycles. The minimum absolute atomic E-state index is 0.000824. The van der Waals surface area contributed by atoms with Crippen LogP contribution in [-0.2, 0) is 21.2 Å². The molecule has 47 heavy (non-hydrogen) atoms. The number of esters is 1. The standard InChI is InChI=1S/C34H25N5O7S/c40-30-17-12-24(37-36-23-10-15-26(16-11-23)47(44,45)38-31-7-3-4-19-35-31)21-29(30)34(43)46-20-18-22-8-13-25(14-9-22)39-32(41)27-5-1-2-6-28(27)33(39)42/h1-17,19,21,40H,18,20H2,(H,35,38). The number of aromatic hydroxyl groups is 1. The van der Waals surface area contributed by atoms with Gasteiger partial charge in [-0.15, -0.1) is 0 Å². The first-order valence-electron chi connectivity index (χ1n) is 14.2. The Labute approximate surface area is 269 Å². The molecule has 0 saturated carbocycles. The van der Waals surface area contributed by atoms with Gasteiger partial charge in [0.1, 0.15) is 17.1 Å². The number of carbonyl (C=O) groups excluding carboxylic acids is 3. The van der Waals surface area contributed by atoms with Gasteiger partial charge in [-0.05, 0) is 84.4 Å². The Morgan fingerprint density at radius 3 is 2.11 bits per heavy atom. The van der Waals surface area contributed by atoms with E-state index in [0.29, 0.717) is 28.9 Å². The topological polar surface area (TPSA) is 168 Å². The maximum atomic E-state index is 12.7. The Morgan fingerprint density at radius 1 is 0.809 bits per heavy atom. The van der Waals surface area contributed by atoms with Crippen molar-refractivity contribution >= 4 is 50.7 Å². The van der Waals surface area contributed by atoms with Crippen molar-refractivity contribution in [1.29, 1.82) is 0 Å². The summed E-state index contributed by atoms with van der Waals surface area (Å²) in [4.78, 5) is 43.3. The number of aromatic nitrogens is 1. The van der Waals surface area contributed by atoms with Crippen LogP contribution in [0.15, 0.2) is 131 Å². The number of fused-ring (bicyclic) bond motifs is 1. The number of carbonyl (C=O) groups is 3. The van der Waals surface area contributed by atoms with Crippen LogP contribution in [0.2, 0.25) is 0 Å². The Hall–Kier alpha value is -6.21. The summed E-state index contributed by atoms with van der Waals surface area (Å²) in [6, 6.07) is 28.1. The minimum Gasteiger partial charge on any atom is -0.507 e. The molecule has 12 nitrogen and oxygen atoms in total. The lowest BCUT2D eigenvalue weighted by molar-refractivity contribution is 0.0505. The van der Waals surface area contributed by atoms with E-state index in [1.54, 1.807) is 60.7 Å². The zero-order chi connectivity index (χ0) is 33.0. The van der Waals surface area contributed by atoms with Crippen LogP contribution in [0, 0.1) is 0 Å². The number of pyridine rings is 1. The Balaban J connectivity index is 1.04. The molecule has 1 aromatic heterocycles. The second kappa shape index (κ2) is 13.0. The second-order valence-electron chi connectivity index (χ2n) is 10.3. The molecule has 13 heteroatoms. The number of nitrogens with one attached hydrogen (secondary N) is 1. The molecule has 0 atom stereocenters. The van der Waals surface area contributed by atoms with Crippen molar-refractivity contribution in [2.75, 3.05) is 16.2 Å². The van der Waals surface area contributed by atoms with E-state index in [1.807, 2.05) is 0 Å². The van der Waals surface area contributed by atoms with Gasteiger partial charge >= 0.3 is 5.97 Å². The van der Waals surface area contributed by atoms with Gasteiger partial charge in [0.15, 0.2) is 0 Å². The maximum absolute atomic E-state index is 12.7. The van der Waals surface area contributed by atoms with Crippen LogP contribution in [0.5, 0.6) is 5.75 Å². The number of nitrogens with zero attached hydrogens (tertiary/aromatic N) is 4. The van der Waals surface area contributed by atoms with E-state index in [0.717, 1.165) is 10.5 Å². The summed E-state index contributed by atoms with van der Waals surface area (Å²) in [5.41, 5.74) is 2.46. The Kier molecular flexibility index (Phi) is 8.54. The van der Waals surface area contributed by atoms with Gasteiger partial charge in [0.25, 0.3) is 21.8 Å². The smallest absolute Gasteiger partial charge is 0.342 e. The summed E-state index contributed by atoms with van der Waals surface area (Å²) in [6.45, 7) is 0.000824. The van der Waals surface area contributed by atoms with Gasteiger partial charge in [-0.3, -0.25) is 14.3 Å². The lowest BCUT2D eigenvalue weighted by atomic mass is 10.1. The number of phenolic OH excluding ortho intramolecular Hbond substituents is 1. The van der Waals surface area contributed by atoms with Crippen molar-refractivity contribution in [1.82, 2.24) is 4.98 Å². The number of hydrogen-bond donors (Lipinski definition) is 2. The zero-order valence-electron chi connectivity index (χ0n) is 24.5. The van der Waals surface area contributed by atoms with Crippen molar-refractivity contribution in [3.63, 3.8) is 0 Å². The van der Waals surface area contributed by atoms with Crippen molar-refractivity contribution < 1.29 is 32.6 Å². The monoisotopic (exact) mass is 647 g/mol. The predicted molar refractivity (Wildman–Crippen MR) is 172 cm³/mol. The third kappa shape index (κ3) is 6.74. The van der Waals surface area contributed by atoms with Crippen molar-refractivity contribution in [3.05, 3.63) is 138 Å². The van der Waals surface area contributed by atoms with Gasteiger partial charge in [0.2, 0.25) is 0 Å². The molecular formula is C34H25N5O7S. The van der Waals surface area contributed by atoms with Gasteiger partial charge in [-0.1, -0.05) is 30.3 Å². The van der Waals surface area contributed by atoms with Crippen LogP contribution >= 0.6 is 0 Å². The van der Waals surface area contributed by atoms with E-state index in [9.17, 15) is 27.9 Å². The van der Waals surface area contributed by atoms with Crippen LogP contribution in [0.25, 0.3) is 0 Å².